The number of aliphatic hydroxyl groups excluding tert-OH is 2. The molecule has 0 heterocycles. The maximum Gasteiger partial charge on any atom is 0.0774 e. The van der Waals surface area contributed by atoms with Gasteiger partial charge in [0, 0.05) is 6.61 Å². The fourth-order valence-corrected chi connectivity index (χ4v) is 1.42. The van der Waals surface area contributed by atoms with Crippen molar-refractivity contribution in [3.8, 4) is 0 Å². The van der Waals surface area contributed by atoms with Crippen LogP contribution in [0.25, 0.3) is 0 Å². The van der Waals surface area contributed by atoms with Gasteiger partial charge in [0.25, 0.3) is 0 Å². The highest BCUT2D eigenvalue weighted by Crippen LogP contribution is 2.34. The molecule has 1 aliphatic rings. The third-order valence-corrected chi connectivity index (χ3v) is 2.48. The van der Waals surface area contributed by atoms with Crippen molar-refractivity contribution in [1.82, 2.24) is 0 Å². The van der Waals surface area contributed by atoms with Gasteiger partial charge in [-0.05, 0) is 38.5 Å². The minimum absolute atomic E-state index is 0.198. The quantitative estimate of drug-likeness (QED) is 0.625. The van der Waals surface area contributed by atoms with Gasteiger partial charge in [-0.1, -0.05) is 0 Å². The van der Waals surface area contributed by atoms with E-state index in [1.54, 1.807) is 0 Å². The van der Waals surface area contributed by atoms with E-state index >= 15 is 0 Å². The van der Waals surface area contributed by atoms with Gasteiger partial charge in [0.05, 0.1) is 18.8 Å². The van der Waals surface area contributed by atoms with E-state index in [-0.39, 0.29) is 6.10 Å². The summed E-state index contributed by atoms with van der Waals surface area (Å²) >= 11 is 0. The van der Waals surface area contributed by atoms with Crippen LogP contribution in [0.1, 0.15) is 32.6 Å². The third-order valence-electron chi connectivity index (χ3n) is 2.48. The van der Waals surface area contributed by atoms with Gasteiger partial charge < -0.3 is 14.9 Å². The first-order chi connectivity index (χ1) is 6.24. The molecule has 2 unspecified atom stereocenters. The molecule has 0 aromatic heterocycles. The summed E-state index contributed by atoms with van der Waals surface area (Å²) in [5, 5.41) is 18.9. The van der Waals surface area contributed by atoms with Crippen molar-refractivity contribution in [2.45, 2.75) is 44.8 Å². The highest BCUT2D eigenvalue weighted by molar-refractivity contribution is 4.81. The lowest BCUT2D eigenvalue weighted by molar-refractivity contribution is 0.0266. The fraction of sp³-hybridized carbons (Fsp3) is 1.00. The summed E-state index contributed by atoms with van der Waals surface area (Å²) in [6, 6.07) is 0. The van der Waals surface area contributed by atoms with Crippen molar-refractivity contribution >= 4 is 0 Å². The van der Waals surface area contributed by atoms with Crippen LogP contribution in [-0.4, -0.2) is 35.6 Å². The Kier molecular flexibility index (Phi) is 4.70. The molecule has 0 saturated heterocycles. The Balaban J connectivity index is 1.96. The molecule has 0 bridgehead atoms. The van der Waals surface area contributed by atoms with E-state index in [0.29, 0.717) is 32.0 Å². The molecule has 3 heteroatoms. The topological polar surface area (TPSA) is 49.7 Å². The predicted octanol–water partition coefficient (Wildman–Crippen LogP) is 0.935. The zero-order valence-corrected chi connectivity index (χ0v) is 8.28. The van der Waals surface area contributed by atoms with Gasteiger partial charge in [0.15, 0.2) is 0 Å². The van der Waals surface area contributed by atoms with Crippen LogP contribution in [0.3, 0.4) is 0 Å². The largest absolute Gasteiger partial charge is 0.393 e. The molecule has 78 valence electrons. The number of hydrogen-bond acceptors (Lipinski definition) is 3. The molecule has 0 radical (unpaired) electrons. The van der Waals surface area contributed by atoms with Crippen molar-refractivity contribution in [3.05, 3.63) is 0 Å². The molecule has 1 fully saturated rings. The van der Waals surface area contributed by atoms with Crippen molar-refractivity contribution in [2.75, 3.05) is 13.2 Å². The molecule has 2 N–H and O–H groups in total. The van der Waals surface area contributed by atoms with Gasteiger partial charge >= 0.3 is 0 Å². The molecule has 0 aliphatic heterocycles. The Morgan fingerprint density at radius 2 is 2.00 bits per heavy atom. The minimum Gasteiger partial charge on any atom is -0.393 e. The Morgan fingerprint density at radius 3 is 2.54 bits per heavy atom. The summed E-state index contributed by atoms with van der Waals surface area (Å²) in [5.74, 6) is 0.513. The van der Waals surface area contributed by atoms with Gasteiger partial charge in [0.1, 0.15) is 0 Å². The zero-order valence-electron chi connectivity index (χ0n) is 8.28. The van der Waals surface area contributed by atoms with E-state index in [9.17, 15) is 10.2 Å². The highest BCUT2D eigenvalue weighted by atomic mass is 16.5. The van der Waals surface area contributed by atoms with Crippen LogP contribution in [0, 0.1) is 5.92 Å². The molecule has 0 aromatic carbocycles. The van der Waals surface area contributed by atoms with E-state index in [4.69, 9.17) is 4.74 Å². The Hall–Kier alpha value is -0.120. The number of aliphatic hydroxyl groups is 2. The average molecular weight is 188 g/mol. The van der Waals surface area contributed by atoms with Crippen molar-refractivity contribution in [1.29, 1.82) is 0 Å². The molecular weight excluding hydrogens is 168 g/mol. The Morgan fingerprint density at radius 1 is 1.31 bits per heavy atom. The molecule has 3 nitrogen and oxygen atoms in total. The SMILES string of the molecule is CCOCC(O)CCC(O)C1CC1. The standard InChI is InChI=1S/C10H20O3/c1-2-13-7-9(11)5-6-10(12)8-3-4-8/h8-12H,2-7H2,1H3. The van der Waals surface area contributed by atoms with Gasteiger partial charge in [-0.25, -0.2) is 0 Å². The summed E-state index contributed by atoms with van der Waals surface area (Å²) in [7, 11) is 0. The van der Waals surface area contributed by atoms with Crippen LogP contribution in [0.2, 0.25) is 0 Å². The minimum atomic E-state index is -0.409. The van der Waals surface area contributed by atoms with Crippen LogP contribution in [0.4, 0.5) is 0 Å². The second-order valence-electron chi connectivity index (χ2n) is 3.80. The molecule has 2 atom stereocenters. The van der Waals surface area contributed by atoms with Crippen LogP contribution >= 0.6 is 0 Å². The lowest BCUT2D eigenvalue weighted by Gasteiger charge is -2.13. The summed E-state index contributed by atoms with van der Waals surface area (Å²) in [6.07, 6.45) is 3.06. The summed E-state index contributed by atoms with van der Waals surface area (Å²) in [6.45, 7) is 2.95. The average Bonchev–Trinajstić information content (AvgIpc) is 2.93. The van der Waals surface area contributed by atoms with E-state index in [2.05, 4.69) is 0 Å². The van der Waals surface area contributed by atoms with Crippen molar-refractivity contribution in [2.24, 2.45) is 5.92 Å². The van der Waals surface area contributed by atoms with Gasteiger partial charge in [-0.2, -0.15) is 0 Å². The Bertz CT molecular complexity index is 134. The van der Waals surface area contributed by atoms with Gasteiger partial charge in [-0.15, -0.1) is 0 Å². The monoisotopic (exact) mass is 188 g/mol. The molecule has 1 rings (SSSR count). The molecule has 0 aromatic rings. The summed E-state index contributed by atoms with van der Waals surface area (Å²) in [4.78, 5) is 0. The molecule has 0 spiro atoms. The molecular formula is C10H20O3. The molecule has 1 aliphatic carbocycles. The predicted molar refractivity (Wildman–Crippen MR) is 50.5 cm³/mol. The van der Waals surface area contributed by atoms with E-state index in [0.717, 1.165) is 12.8 Å². The maximum absolute atomic E-state index is 9.51. The van der Waals surface area contributed by atoms with Gasteiger partial charge in [-0.3, -0.25) is 0 Å². The van der Waals surface area contributed by atoms with Crippen molar-refractivity contribution in [3.63, 3.8) is 0 Å². The molecule has 13 heavy (non-hydrogen) atoms. The molecule has 0 amide bonds. The van der Waals surface area contributed by atoms with Gasteiger partial charge in [0.2, 0.25) is 0 Å². The normalized spacial score (nSPS) is 21.5. The van der Waals surface area contributed by atoms with Crippen LogP contribution in [-0.2, 0) is 4.74 Å². The number of rotatable bonds is 7. The maximum atomic E-state index is 9.51. The van der Waals surface area contributed by atoms with Crippen molar-refractivity contribution < 1.29 is 14.9 Å². The highest BCUT2D eigenvalue weighted by Gasteiger charge is 2.29. The first-order valence-corrected chi connectivity index (χ1v) is 5.18. The second kappa shape index (κ2) is 5.58. The van der Waals surface area contributed by atoms with Crippen LogP contribution in [0.5, 0.6) is 0 Å². The van der Waals surface area contributed by atoms with E-state index < -0.39 is 6.10 Å². The van der Waals surface area contributed by atoms with E-state index in [1.807, 2.05) is 6.92 Å². The third kappa shape index (κ3) is 4.60. The smallest absolute Gasteiger partial charge is 0.0774 e. The van der Waals surface area contributed by atoms with E-state index in [1.165, 1.54) is 0 Å². The summed E-state index contributed by atoms with van der Waals surface area (Å²) in [5.41, 5.74) is 0. The first-order valence-electron chi connectivity index (χ1n) is 5.18. The lowest BCUT2D eigenvalue weighted by atomic mass is 10.1. The fourth-order valence-electron chi connectivity index (χ4n) is 1.42. The first kappa shape index (κ1) is 11.0. The van der Waals surface area contributed by atoms with Crippen LogP contribution < -0.4 is 0 Å². The summed E-state index contributed by atoms with van der Waals surface area (Å²) < 4.78 is 5.07. The van der Waals surface area contributed by atoms with Crippen LogP contribution in [0.15, 0.2) is 0 Å². The zero-order chi connectivity index (χ0) is 9.68. The number of ether oxygens (including phenoxy) is 1. The second-order valence-corrected chi connectivity index (χ2v) is 3.80. The number of hydrogen-bond donors (Lipinski definition) is 2. The lowest BCUT2D eigenvalue weighted by Crippen LogP contribution is -2.19. The molecule has 1 saturated carbocycles. The Labute approximate surface area is 79.7 Å².